The van der Waals surface area contributed by atoms with Crippen molar-refractivity contribution in [2.45, 2.75) is 0 Å². The molecular formula is C6H4F2N2O. The van der Waals surface area contributed by atoms with Crippen molar-refractivity contribution in [2.24, 2.45) is 5.73 Å². The summed E-state index contributed by atoms with van der Waals surface area (Å²) in [5, 5.41) is 0. The summed E-state index contributed by atoms with van der Waals surface area (Å²) in [5.41, 5.74) is 4.00. The second-order valence-corrected chi connectivity index (χ2v) is 1.82. The number of carbonyl (C=O) groups is 1. The topological polar surface area (TPSA) is 56.0 Å². The molecule has 2 N–H and O–H groups in total. The Bertz CT molecular complexity index is 301. The quantitative estimate of drug-likeness (QED) is 0.645. The fourth-order valence-electron chi connectivity index (χ4n) is 0.592. The molecule has 11 heavy (non-hydrogen) atoms. The Morgan fingerprint density at radius 3 is 2.64 bits per heavy atom. The highest BCUT2D eigenvalue weighted by Gasteiger charge is 2.12. The molecule has 1 amide bonds. The number of aromatic nitrogens is 1. The molecule has 0 spiro atoms. The molecule has 1 rings (SSSR count). The Morgan fingerprint density at radius 2 is 2.18 bits per heavy atom. The molecule has 3 nitrogen and oxygen atoms in total. The summed E-state index contributed by atoms with van der Waals surface area (Å²) >= 11 is 0. The highest BCUT2D eigenvalue weighted by atomic mass is 19.2. The van der Waals surface area contributed by atoms with Crippen molar-refractivity contribution < 1.29 is 13.6 Å². The van der Waals surface area contributed by atoms with Crippen molar-refractivity contribution >= 4 is 5.91 Å². The molecule has 0 saturated heterocycles. The second kappa shape index (κ2) is 2.61. The third-order valence-corrected chi connectivity index (χ3v) is 1.08. The number of nitrogens with two attached hydrogens (primary N) is 1. The number of amides is 1. The van der Waals surface area contributed by atoms with E-state index in [1.165, 1.54) is 0 Å². The first-order valence-electron chi connectivity index (χ1n) is 2.72. The SMILES string of the molecule is NC(=O)c1nccc(F)c1F. The van der Waals surface area contributed by atoms with Gasteiger partial charge in [-0.05, 0) is 6.07 Å². The number of rotatable bonds is 1. The first-order chi connectivity index (χ1) is 5.13. The number of primary amides is 1. The Balaban J connectivity index is 3.27. The number of carbonyl (C=O) groups excluding carboxylic acids is 1. The second-order valence-electron chi connectivity index (χ2n) is 1.82. The zero-order valence-electron chi connectivity index (χ0n) is 5.34. The molecule has 1 aromatic rings. The van der Waals surface area contributed by atoms with Gasteiger partial charge < -0.3 is 5.73 Å². The summed E-state index contributed by atoms with van der Waals surface area (Å²) in [6, 6.07) is 0.807. The van der Waals surface area contributed by atoms with Crippen molar-refractivity contribution in [3.05, 3.63) is 29.6 Å². The van der Waals surface area contributed by atoms with Crippen LogP contribution in [0.3, 0.4) is 0 Å². The van der Waals surface area contributed by atoms with Gasteiger partial charge in [-0.25, -0.2) is 13.8 Å². The summed E-state index contributed by atoms with van der Waals surface area (Å²) in [5.74, 6) is -3.52. The number of hydrogen-bond donors (Lipinski definition) is 1. The van der Waals surface area contributed by atoms with Gasteiger partial charge in [0.25, 0.3) is 5.91 Å². The van der Waals surface area contributed by atoms with Gasteiger partial charge in [-0.3, -0.25) is 4.79 Å². The van der Waals surface area contributed by atoms with Gasteiger partial charge in [-0.1, -0.05) is 0 Å². The maximum Gasteiger partial charge on any atom is 0.270 e. The van der Waals surface area contributed by atoms with Crippen molar-refractivity contribution in [3.8, 4) is 0 Å². The predicted molar refractivity (Wildman–Crippen MR) is 32.7 cm³/mol. The van der Waals surface area contributed by atoms with E-state index in [9.17, 15) is 13.6 Å². The van der Waals surface area contributed by atoms with E-state index in [2.05, 4.69) is 10.7 Å². The smallest absolute Gasteiger partial charge is 0.270 e. The predicted octanol–water partition coefficient (Wildman–Crippen LogP) is 0.459. The highest BCUT2D eigenvalue weighted by Crippen LogP contribution is 2.06. The minimum absolute atomic E-state index is 0.676. The third kappa shape index (κ3) is 1.31. The van der Waals surface area contributed by atoms with Crippen LogP contribution in [0.4, 0.5) is 8.78 Å². The fourth-order valence-corrected chi connectivity index (χ4v) is 0.592. The van der Waals surface area contributed by atoms with Gasteiger partial charge in [-0.15, -0.1) is 0 Å². The first-order valence-corrected chi connectivity index (χ1v) is 2.72. The van der Waals surface area contributed by atoms with E-state index in [1.807, 2.05) is 0 Å². The van der Waals surface area contributed by atoms with Crippen LogP contribution in [0.25, 0.3) is 0 Å². The zero-order valence-corrected chi connectivity index (χ0v) is 5.34. The van der Waals surface area contributed by atoms with Crippen LogP contribution in [-0.4, -0.2) is 10.9 Å². The van der Waals surface area contributed by atoms with E-state index >= 15 is 0 Å². The Morgan fingerprint density at radius 1 is 1.55 bits per heavy atom. The van der Waals surface area contributed by atoms with Crippen molar-refractivity contribution in [1.29, 1.82) is 0 Å². The summed E-state index contributed by atoms with van der Waals surface area (Å²) in [6.07, 6.45) is 0.971. The molecule has 1 heterocycles. The minimum Gasteiger partial charge on any atom is -0.364 e. The Labute approximate surface area is 60.8 Å². The van der Waals surface area contributed by atoms with Crippen LogP contribution in [-0.2, 0) is 0 Å². The lowest BCUT2D eigenvalue weighted by Gasteiger charge is -1.95. The molecule has 1 aromatic heterocycles. The van der Waals surface area contributed by atoms with Crippen LogP contribution in [0.2, 0.25) is 0 Å². The van der Waals surface area contributed by atoms with Gasteiger partial charge >= 0.3 is 0 Å². The average molecular weight is 158 g/mol. The molecule has 0 unspecified atom stereocenters. The van der Waals surface area contributed by atoms with E-state index in [1.54, 1.807) is 0 Å². The van der Waals surface area contributed by atoms with E-state index < -0.39 is 23.2 Å². The van der Waals surface area contributed by atoms with E-state index in [0.717, 1.165) is 12.3 Å². The number of pyridine rings is 1. The highest BCUT2D eigenvalue weighted by molar-refractivity contribution is 5.90. The molecule has 5 heteroatoms. The number of nitrogens with zero attached hydrogens (tertiary/aromatic N) is 1. The zero-order chi connectivity index (χ0) is 8.43. The van der Waals surface area contributed by atoms with Crippen LogP contribution < -0.4 is 5.73 Å². The summed E-state index contributed by atoms with van der Waals surface area (Å²) in [4.78, 5) is 13.6. The van der Waals surface area contributed by atoms with Crippen molar-refractivity contribution in [1.82, 2.24) is 4.98 Å². The monoisotopic (exact) mass is 158 g/mol. The van der Waals surface area contributed by atoms with E-state index in [0.29, 0.717) is 0 Å². The van der Waals surface area contributed by atoms with Crippen LogP contribution in [0.15, 0.2) is 12.3 Å². The van der Waals surface area contributed by atoms with Crippen molar-refractivity contribution in [2.75, 3.05) is 0 Å². The lowest BCUT2D eigenvalue weighted by molar-refractivity contribution is 0.0990. The fraction of sp³-hybridized carbons (Fsp3) is 0. The largest absolute Gasteiger partial charge is 0.364 e. The lowest BCUT2D eigenvalue weighted by atomic mass is 10.3. The van der Waals surface area contributed by atoms with E-state index in [4.69, 9.17) is 0 Å². The van der Waals surface area contributed by atoms with Gasteiger partial charge in [0.15, 0.2) is 17.3 Å². The van der Waals surface area contributed by atoms with Crippen LogP contribution in [0.5, 0.6) is 0 Å². The normalized spacial score (nSPS) is 9.64. The van der Waals surface area contributed by atoms with Gasteiger partial charge in [0.05, 0.1) is 0 Å². The van der Waals surface area contributed by atoms with Crippen LogP contribution in [0.1, 0.15) is 10.5 Å². The lowest BCUT2D eigenvalue weighted by Crippen LogP contribution is -2.15. The van der Waals surface area contributed by atoms with Gasteiger partial charge in [-0.2, -0.15) is 0 Å². The molecule has 0 aliphatic heterocycles. The van der Waals surface area contributed by atoms with Crippen LogP contribution >= 0.6 is 0 Å². The van der Waals surface area contributed by atoms with Gasteiger partial charge in [0.2, 0.25) is 0 Å². The molecule has 0 aliphatic carbocycles. The molecule has 0 fully saturated rings. The van der Waals surface area contributed by atoms with Crippen LogP contribution in [0, 0.1) is 11.6 Å². The summed E-state index contributed by atoms with van der Waals surface area (Å²) < 4.78 is 24.8. The Hall–Kier alpha value is -1.52. The molecule has 0 radical (unpaired) electrons. The molecule has 0 bridgehead atoms. The molecule has 58 valence electrons. The standard InChI is InChI=1S/C6H4F2N2O/c7-3-1-2-10-5(4(3)8)6(9)11/h1-2H,(H2,9,11). The number of halogens is 2. The van der Waals surface area contributed by atoms with Gasteiger partial charge in [0, 0.05) is 6.20 Å². The maximum absolute atomic E-state index is 12.5. The molecule has 0 aliphatic rings. The Kier molecular flexibility index (Phi) is 1.80. The van der Waals surface area contributed by atoms with E-state index in [-0.39, 0.29) is 0 Å². The summed E-state index contributed by atoms with van der Waals surface area (Å²) in [6.45, 7) is 0. The van der Waals surface area contributed by atoms with Gasteiger partial charge in [0.1, 0.15) is 0 Å². The average Bonchev–Trinajstić information content (AvgIpc) is 1.94. The number of hydrogen-bond acceptors (Lipinski definition) is 2. The third-order valence-electron chi connectivity index (χ3n) is 1.08. The molecule has 0 saturated carbocycles. The summed E-state index contributed by atoms with van der Waals surface area (Å²) in [7, 11) is 0. The maximum atomic E-state index is 12.5. The molecular weight excluding hydrogens is 154 g/mol. The molecule has 0 aromatic carbocycles. The molecule has 0 atom stereocenters. The van der Waals surface area contributed by atoms with Crippen molar-refractivity contribution in [3.63, 3.8) is 0 Å². The minimum atomic E-state index is -1.31. The first kappa shape index (κ1) is 7.59.